The highest BCUT2D eigenvalue weighted by Gasteiger charge is 2.10. The fraction of sp³-hybridized carbons (Fsp3) is 0.533. The SMILES string of the molecule is CCn1c(CNC(C)CN(C)C)nc2ccccc21. The molecular formula is C15H24N4. The summed E-state index contributed by atoms with van der Waals surface area (Å²) in [5, 5.41) is 3.54. The van der Waals surface area contributed by atoms with Gasteiger partial charge in [0.1, 0.15) is 5.82 Å². The van der Waals surface area contributed by atoms with E-state index in [0.29, 0.717) is 6.04 Å². The van der Waals surface area contributed by atoms with Crippen LogP contribution in [0.1, 0.15) is 19.7 Å². The van der Waals surface area contributed by atoms with Crippen molar-refractivity contribution >= 4 is 11.0 Å². The van der Waals surface area contributed by atoms with Crippen LogP contribution in [0.5, 0.6) is 0 Å². The molecule has 4 heteroatoms. The van der Waals surface area contributed by atoms with Crippen LogP contribution >= 0.6 is 0 Å². The minimum atomic E-state index is 0.458. The highest BCUT2D eigenvalue weighted by molar-refractivity contribution is 5.75. The number of fused-ring (bicyclic) bond motifs is 1. The second-order valence-corrected chi connectivity index (χ2v) is 5.31. The lowest BCUT2D eigenvalue weighted by Crippen LogP contribution is -2.35. The first-order chi connectivity index (χ1) is 9.11. The van der Waals surface area contributed by atoms with E-state index in [1.165, 1.54) is 5.52 Å². The molecule has 0 saturated carbocycles. The van der Waals surface area contributed by atoms with Gasteiger partial charge in [-0.05, 0) is 40.1 Å². The topological polar surface area (TPSA) is 33.1 Å². The van der Waals surface area contributed by atoms with Gasteiger partial charge >= 0.3 is 0 Å². The van der Waals surface area contributed by atoms with Gasteiger partial charge in [-0.2, -0.15) is 0 Å². The standard InChI is InChI=1S/C15H24N4/c1-5-19-14-9-7-6-8-13(14)17-15(19)10-16-12(2)11-18(3)4/h6-9,12,16H,5,10-11H2,1-4H3. The first-order valence-electron chi connectivity index (χ1n) is 6.94. The van der Waals surface area contributed by atoms with Gasteiger partial charge < -0.3 is 14.8 Å². The predicted molar refractivity (Wildman–Crippen MR) is 80.3 cm³/mol. The molecule has 19 heavy (non-hydrogen) atoms. The third kappa shape index (κ3) is 3.33. The highest BCUT2D eigenvalue weighted by atomic mass is 15.1. The lowest BCUT2D eigenvalue weighted by Gasteiger charge is -2.18. The number of hydrogen-bond acceptors (Lipinski definition) is 3. The number of para-hydroxylation sites is 2. The molecule has 1 aromatic heterocycles. The van der Waals surface area contributed by atoms with Gasteiger partial charge in [-0.15, -0.1) is 0 Å². The van der Waals surface area contributed by atoms with E-state index in [1.54, 1.807) is 0 Å². The Morgan fingerprint density at radius 1 is 1.32 bits per heavy atom. The van der Waals surface area contributed by atoms with Crippen LogP contribution in [0.2, 0.25) is 0 Å². The molecule has 1 aromatic carbocycles. The van der Waals surface area contributed by atoms with Gasteiger partial charge in [0.05, 0.1) is 17.6 Å². The number of likely N-dealkylation sites (N-methyl/N-ethyl adjacent to an activating group) is 1. The molecule has 104 valence electrons. The summed E-state index contributed by atoms with van der Waals surface area (Å²) in [7, 11) is 4.19. The van der Waals surface area contributed by atoms with Crippen LogP contribution < -0.4 is 5.32 Å². The van der Waals surface area contributed by atoms with Crippen molar-refractivity contribution in [1.82, 2.24) is 19.8 Å². The number of aryl methyl sites for hydroxylation is 1. The molecule has 0 aliphatic heterocycles. The van der Waals surface area contributed by atoms with Gasteiger partial charge in [-0.25, -0.2) is 4.98 Å². The summed E-state index contributed by atoms with van der Waals surface area (Å²) in [4.78, 5) is 6.92. The smallest absolute Gasteiger partial charge is 0.123 e. The average molecular weight is 260 g/mol. The Labute approximate surface area is 115 Å². The van der Waals surface area contributed by atoms with Gasteiger partial charge in [0.25, 0.3) is 0 Å². The lowest BCUT2D eigenvalue weighted by molar-refractivity contribution is 0.346. The van der Waals surface area contributed by atoms with Crippen molar-refractivity contribution in [2.75, 3.05) is 20.6 Å². The average Bonchev–Trinajstić information content (AvgIpc) is 2.73. The zero-order chi connectivity index (χ0) is 13.8. The van der Waals surface area contributed by atoms with E-state index in [0.717, 1.165) is 31.0 Å². The van der Waals surface area contributed by atoms with Gasteiger partial charge in [0.15, 0.2) is 0 Å². The summed E-state index contributed by atoms with van der Waals surface area (Å²) >= 11 is 0. The molecule has 0 spiro atoms. The zero-order valence-corrected chi connectivity index (χ0v) is 12.3. The largest absolute Gasteiger partial charge is 0.327 e. The minimum absolute atomic E-state index is 0.458. The van der Waals surface area contributed by atoms with E-state index in [-0.39, 0.29) is 0 Å². The minimum Gasteiger partial charge on any atom is -0.327 e. The zero-order valence-electron chi connectivity index (χ0n) is 12.3. The van der Waals surface area contributed by atoms with Crippen LogP contribution in [0.3, 0.4) is 0 Å². The van der Waals surface area contributed by atoms with Crippen molar-refractivity contribution in [3.8, 4) is 0 Å². The Morgan fingerprint density at radius 3 is 2.74 bits per heavy atom. The van der Waals surface area contributed by atoms with Crippen molar-refractivity contribution in [3.05, 3.63) is 30.1 Å². The third-order valence-electron chi connectivity index (χ3n) is 3.30. The number of benzene rings is 1. The number of imidazole rings is 1. The van der Waals surface area contributed by atoms with Gasteiger partial charge in [-0.3, -0.25) is 0 Å². The summed E-state index contributed by atoms with van der Waals surface area (Å²) in [5.74, 6) is 1.12. The molecule has 0 fully saturated rings. The van der Waals surface area contributed by atoms with Crippen LogP contribution in [0.15, 0.2) is 24.3 Å². The number of nitrogens with one attached hydrogen (secondary N) is 1. The summed E-state index contributed by atoms with van der Waals surface area (Å²) in [6.07, 6.45) is 0. The van der Waals surface area contributed by atoms with E-state index in [1.807, 2.05) is 6.07 Å². The van der Waals surface area contributed by atoms with Gasteiger partial charge in [0, 0.05) is 19.1 Å². The Kier molecular flexibility index (Phi) is 4.56. The molecule has 0 aliphatic rings. The van der Waals surface area contributed by atoms with Crippen LogP contribution in [-0.2, 0) is 13.1 Å². The molecule has 2 aromatic rings. The van der Waals surface area contributed by atoms with Crippen molar-refractivity contribution in [3.63, 3.8) is 0 Å². The molecule has 0 amide bonds. The molecule has 0 bridgehead atoms. The molecule has 1 N–H and O–H groups in total. The fourth-order valence-electron chi connectivity index (χ4n) is 2.49. The summed E-state index contributed by atoms with van der Waals surface area (Å²) in [6, 6.07) is 8.79. The Balaban J connectivity index is 2.12. The van der Waals surface area contributed by atoms with Crippen molar-refractivity contribution in [2.45, 2.75) is 33.0 Å². The summed E-state index contributed by atoms with van der Waals surface area (Å²) in [6.45, 7) is 7.18. The molecule has 2 rings (SSSR count). The molecule has 0 radical (unpaired) electrons. The number of nitrogens with zero attached hydrogens (tertiary/aromatic N) is 3. The van der Waals surface area contributed by atoms with Crippen LogP contribution in [-0.4, -0.2) is 41.1 Å². The van der Waals surface area contributed by atoms with E-state index in [2.05, 4.69) is 60.9 Å². The number of aromatic nitrogens is 2. The Morgan fingerprint density at radius 2 is 2.05 bits per heavy atom. The molecule has 0 saturated heterocycles. The molecule has 1 atom stereocenters. The van der Waals surface area contributed by atoms with E-state index in [4.69, 9.17) is 4.98 Å². The Hall–Kier alpha value is -1.39. The maximum Gasteiger partial charge on any atom is 0.123 e. The van der Waals surface area contributed by atoms with Gasteiger partial charge in [-0.1, -0.05) is 12.1 Å². The van der Waals surface area contributed by atoms with E-state index in [9.17, 15) is 0 Å². The molecule has 1 heterocycles. The van der Waals surface area contributed by atoms with E-state index >= 15 is 0 Å². The van der Waals surface area contributed by atoms with Crippen molar-refractivity contribution < 1.29 is 0 Å². The summed E-state index contributed by atoms with van der Waals surface area (Å²) < 4.78 is 2.28. The second-order valence-electron chi connectivity index (χ2n) is 5.31. The van der Waals surface area contributed by atoms with Crippen LogP contribution in [0, 0.1) is 0 Å². The molecule has 1 unspecified atom stereocenters. The maximum absolute atomic E-state index is 4.72. The molecule has 4 nitrogen and oxygen atoms in total. The van der Waals surface area contributed by atoms with Gasteiger partial charge in [0.2, 0.25) is 0 Å². The first-order valence-corrected chi connectivity index (χ1v) is 6.94. The predicted octanol–water partition coefficient (Wildman–Crippen LogP) is 2.10. The van der Waals surface area contributed by atoms with Crippen LogP contribution in [0.4, 0.5) is 0 Å². The van der Waals surface area contributed by atoms with Crippen LogP contribution in [0.25, 0.3) is 11.0 Å². The maximum atomic E-state index is 4.72. The quantitative estimate of drug-likeness (QED) is 0.863. The first kappa shape index (κ1) is 14.0. The molecular weight excluding hydrogens is 236 g/mol. The third-order valence-corrected chi connectivity index (χ3v) is 3.30. The summed E-state index contributed by atoms with van der Waals surface area (Å²) in [5.41, 5.74) is 2.31. The monoisotopic (exact) mass is 260 g/mol. The molecule has 0 aliphatic carbocycles. The normalized spacial score (nSPS) is 13.3. The fourth-order valence-corrected chi connectivity index (χ4v) is 2.49. The van der Waals surface area contributed by atoms with Crippen molar-refractivity contribution in [1.29, 1.82) is 0 Å². The highest BCUT2D eigenvalue weighted by Crippen LogP contribution is 2.15. The van der Waals surface area contributed by atoms with Crippen molar-refractivity contribution in [2.24, 2.45) is 0 Å². The number of hydrogen-bond donors (Lipinski definition) is 1. The second kappa shape index (κ2) is 6.17. The lowest BCUT2D eigenvalue weighted by atomic mass is 10.3. The number of rotatable bonds is 6. The van der Waals surface area contributed by atoms with E-state index < -0.39 is 0 Å². The Bertz CT molecular complexity index is 530.